The van der Waals surface area contributed by atoms with Crippen LogP contribution in [0.25, 0.3) is 0 Å². The predicted molar refractivity (Wildman–Crippen MR) is 103 cm³/mol. The molecule has 0 radical (unpaired) electrons. The van der Waals surface area contributed by atoms with Crippen molar-refractivity contribution in [1.82, 2.24) is 10.2 Å². The minimum Gasteiger partial charge on any atom is -0.345 e. The minimum atomic E-state index is -0.654. The third-order valence-electron chi connectivity index (χ3n) is 4.48. The number of rotatable bonds is 4. The number of anilines is 1. The van der Waals surface area contributed by atoms with Crippen molar-refractivity contribution in [3.8, 4) is 0 Å². The van der Waals surface area contributed by atoms with Gasteiger partial charge in [0.2, 0.25) is 0 Å². The summed E-state index contributed by atoms with van der Waals surface area (Å²) in [5.41, 5.74) is 1.84. The summed E-state index contributed by atoms with van der Waals surface area (Å²) < 4.78 is 0. The van der Waals surface area contributed by atoms with E-state index in [1.165, 1.54) is 5.56 Å². The van der Waals surface area contributed by atoms with Crippen molar-refractivity contribution in [1.29, 1.82) is 0 Å². The zero-order valence-electron chi connectivity index (χ0n) is 14.5. The quantitative estimate of drug-likeness (QED) is 0.812. The highest BCUT2D eigenvalue weighted by Gasteiger charge is 2.23. The summed E-state index contributed by atoms with van der Waals surface area (Å²) in [6.45, 7) is 2.72. The second-order valence-corrected chi connectivity index (χ2v) is 6.91. The van der Waals surface area contributed by atoms with E-state index in [0.717, 1.165) is 32.5 Å². The summed E-state index contributed by atoms with van der Waals surface area (Å²) in [5.74, 6) is -1.25. The molecule has 1 fully saturated rings. The average Bonchev–Trinajstić information content (AvgIpc) is 2.66. The van der Waals surface area contributed by atoms with E-state index in [1.54, 1.807) is 24.3 Å². The van der Waals surface area contributed by atoms with E-state index in [-0.39, 0.29) is 6.04 Å². The van der Waals surface area contributed by atoms with Crippen LogP contribution >= 0.6 is 11.6 Å². The molecule has 136 valence electrons. The first-order chi connectivity index (χ1) is 12.6. The molecule has 0 bridgehead atoms. The second kappa shape index (κ2) is 8.83. The first-order valence-corrected chi connectivity index (χ1v) is 9.11. The lowest BCUT2D eigenvalue weighted by Crippen LogP contribution is -2.47. The summed E-state index contributed by atoms with van der Waals surface area (Å²) in [6, 6.07) is 17.0. The van der Waals surface area contributed by atoms with E-state index in [9.17, 15) is 9.59 Å². The third kappa shape index (κ3) is 5.31. The molecule has 0 spiro atoms. The highest BCUT2D eigenvalue weighted by molar-refractivity contribution is 6.39. The summed E-state index contributed by atoms with van der Waals surface area (Å²) in [4.78, 5) is 26.5. The van der Waals surface area contributed by atoms with Gasteiger partial charge in [-0.05, 0) is 42.7 Å². The molecule has 3 rings (SSSR count). The van der Waals surface area contributed by atoms with Gasteiger partial charge in [0.1, 0.15) is 0 Å². The smallest absolute Gasteiger partial charge is 0.313 e. The van der Waals surface area contributed by atoms with Crippen LogP contribution in [0.15, 0.2) is 54.6 Å². The number of piperidine rings is 1. The van der Waals surface area contributed by atoms with Gasteiger partial charge in [0.15, 0.2) is 0 Å². The maximum atomic E-state index is 12.1. The largest absolute Gasteiger partial charge is 0.345 e. The number of hydrogen-bond acceptors (Lipinski definition) is 3. The summed E-state index contributed by atoms with van der Waals surface area (Å²) in [7, 11) is 0. The van der Waals surface area contributed by atoms with E-state index in [0.29, 0.717) is 10.7 Å². The Hall–Kier alpha value is -2.37. The van der Waals surface area contributed by atoms with Crippen molar-refractivity contribution in [2.24, 2.45) is 0 Å². The molecule has 0 atom stereocenters. The molecule has 2 aromatic carbocycles. The number of halogens is 1. The molecule has 1 saturated heterocycles. The number of nitrogens with one attached hydrogen (secondary N) is 2. The molecule has 5 nitrogen and oxygen atoms in total. The molecule has 2 N–H and O–H groups in total. The van der Waals surface area contributed by atoms with Crippen LogP contribution in [0, 0.1) is 0 Å². The Balaban J connectivity index is 1.42. The van der Waals surface area contributed by atoms with Gasteiger partial charge in [-0.3, -0.25) is 14.5 Å². The molecule has 0 unspecified atom stereocenters. The number of likely N-dealkylation sites (tertiary alicyclic amines) is 1. The van der Waals surface area contributed by atoms with Gasteiger partial charge in [0.05, 0.1) is 0 Å². The lowest BCUT2D eigenvalue weighted by molar-refractivity contribution is -0.136. The van der Waals surface area contributed by atoms with Crippen molar-refractivity contribution < 1.29 is 9.59 Å². The van der Waals surface area contributed by atoms with E-state index in [1.807, 2.05) is 18.2 Å². The van der Waals surface area contributed by atoms with Gasteiger partial charge in [0, 0.05) is 36.4 Å². The summed E-state index contributed by atoms with van der Waals surface area (Å²) in [6.07, 6.45) is 1.68. The third-order valence-corrected chi connectivity index (χ3v) is 4.73. The first kappa shape index (κ1) is 18.4. The van der Waals surface area contributed by atoms with Crippen LogP contribution in [-0.4, -0.2) is 35.8 Å². The average molecular weight is 372 g/mol. The molecule has 0 aromatic heterocycles. The van der Waals surface area contributed by atoms with E-state index in [4.69, 9.17) is 11.6 Å². The van der Waals surface area contributed by atoms with Crippen LogP contribution in [0.1, 0.15) is 18.4 Å². The van der Waals surface area contributed by atoms with Crippen LogP contribution in [-0.2, 0) is 16.1 Å². The zero-order chi connectivity index (χ0) is 18.4. The maximum Gasteiger partial charge on any atom is 0.313 e. The Morgan fingerprint density at radius 3 is 2.27 bits per heavy atom. The number of benzene rings is 2. The van der Waals surface area contributed by atoms with Crippen molar-refractivity contribution in [2.75, 3.05) is 18.4 Å². The number of carbonyl (C=O) groups excluding carboxylic acids is 2. The topological polar surface area (TPSA) is 61.4 Å². The van der Waals surface area contributed by atoms with Crippen LogP contribution in [0.2, 0.25) is 5.02 Å². The van der Waals surface area contributed by atoms with E-state index >= 15 is 0 Å². The number of amides is 2. The maximum absolute atomic E-state index is 12.1. The number of nitrogens with zero attached hydrogens (tertiary/aromatic N) is 1. The lowest BCUT2D eigenvalue weighted by atomic mass is 10.0. The monoisotopic (exact) mass is 371 g/mol. The second-order valence-electron chi connectivity index (χ2n) is 6.47. The van der Waals surface area contributed by atoms with Gasteiger partial charge in [-0.25, -0.2) is 0 Å². The molecule has 2 amide bonds. The Labute approximate surface area is 158 Å². The van der Waals surface area contributed by atoms with Gasteiger partial charge < -0.3 is 10.6 Å². The molecule has 2 aromatic rings. The fourth-order valence-corrected chi connectivity index (χ4v) is 3.18. The Bertz CT molecular complexity index is 741. The predicted octanol–water partition coefficient (Wildman–Crippen LogP) is 3.06. The van der Waals surface area contributed by atoms with Gasteiger partial charge in [-0.15, -0.1) is 0 Å². The van der Waals surface area contributed by atoms with Crippen molar-refractivity contribution in [3.63, 3.8) is 0 Å². The van der Waals surface area contributed by atoms with Crippen LogP contribution in [0.4, 0.5) is 5.69 Å². The Morgan fingerprint density at radius 2 is 1.62 bits per heavy atom. The molecular formula is C20H22ClN3O2. The van der Waals surface area contributed by atoms with Gasteiger partial charge in [-0.1, -0.05) is 41.9 Å². The fraction of sp³-hybridized carbons (Fsp3) is 0.300. The lowest BCUT2D eigenvalue weighted by Gasteiger charge is -2.32. The van der Waals surface area contributed by atoms with Gasteiger partial charge in [-0.2, -0.15) is 0 Å². The SMILES string of the molecule is O=C(Nc1ccc(Cl)cc1)C(=O)NC1CCN(Cc2ccccc2)CC1. The summed E-state index contributed by atoms with van der Waals surface area (Å²) in [5, 5.41) is 5.99. The fourth-order valence-electron chi connectivity index (χ4n) is 3.05. The molecule has 1 heterocycles. The van der Waals surface area contributed by atoms with E-state index < -0.39 is 11.8 Å². The van der Waals surface area contributed by atoms with Crippen molar-refractivity contribution in [3.05, 3.63) is 65.2 Å². The number of hydrogen-bond donors (Lipinski definition) is 2. The molecule has 26 heavy (non-hydrogen) atoms. The van der Waals surface area contributed by atoms with E-state index in [2.05, 4.69) is 27.7 Å². The highest BCUT2D eigenvalue weighted by Crippen LogP contribution is 2.15. The molecule has 0 saturated carbocycles. The van der Waals surface area contributed by atoms with Crippen molar-refractivity contribution >= 4 is 29.1 Å². The van der Waals surface area contributed by atoms with Crippen molar-refractivity contribution in [2.45, 2.75) is 25.4 Å². The molecular weight excluding hydrogens is 350 g/mol. The van der Waals surface area contributed by atoms with Crippen LogP contribution < -0.4 is 10.6 Å². The Morgan fingerprint density at radius 1 is 0.962 bits per heavy atom. The van der Waals surface area contributed by atoms with Gasteiger partial charge in [0.25, 0.3) is 0 Å². The van der Waals surface area contributed by atoms with Gasteiger partial charge >= 0.3 is 11.8 Å². The standard InChI is InChI=1S/C20H22ClN3O2/c21-16-6-8-17(9-7-16)22-19(25)20(26)23-18-10-12-24(13-11-18)14-15-4-2-1-3-5-15/h1-9,18H,10-14H2,(H,22,25)(H,23,26). The molecule has 1 aliphatic rings. The minimum absolute atomic E-state index is 0.0329. The zero-order valence-corrected chi connectivity index (χ0v) is 15.2. The van der Waals surface area contributed by atoms with Crippen LogP contribution in [0.3, 0.4) is 0 Å². The molecule has 6 heteroatoms. The number of carbonyl (C=O) groups is 2. The molecule has 1 aliphatic heterocycles. The highest BCUT2D eigenvalue weighted by atomic mass is 35.5. The Kier molecular flexibility index (Phi) is 6.26. The molecule has 0 aliphatic carbocycles. The normalized spacial score (nSPS) is 15.4. The van der Waals surface area contributed by atoms with Crippen LogP contribution in [0.5, 0.6) is 0 Å². The first-order valence-electron chi connectivity index (χ1n) is 8.74. The summed E-state index contributed by atoms with van der Waals surface area (Å²) >= 11 is 5.81.